The molecule has 1 aliphatic heterocycles. The van der Waals surface area contributed by atoms with E-state index < -0.39 is 6.03 Å². The Balaban J connectivity index is 2.01. The smallest absolute Gasteiger partial charge is 0.312 e. The van der Waals surface area contributed by atoms with Gasteiger partial charge in [0.05, 0.1) is 5.02 Å². The number of rotatable bonds is 3. The molecule has 1 fully saturated rings. The number of nitrogens with two attached hydrogens (primary N) is 1. The average molecular weight is 375 g/mol. The number of hydrogen-bond acceptors (Lipinski definition) is 2. The maximum Gasteiger partial charge on any atom is 0.312 e. The fraction of sp³-hybridized carbons (Fsp3) is 0.429. The number of carbonyl (C=O) groups is 2. The van der Waals surface area contributed by atoms with Gasteiger partial charge in [-0.2, -0.15) is 0 Å². The van der Waals surface area contributed by atoms with Crippen LogP contribution < -0.4 is 11.1 Å². The fourth-order valence-electron chi connectivity index (χ4n) is 2.47. The molecule has 0 aromatic heterocycles. The van der Waals surface area contributed by atoms with Crippen LogP contribution in [0.15, 0.2) is 22.7 Å². The molecule has 1 unspecified atom stereocenters. The second-order valence-electron chi connectivity index (χ2n) is 5.13. The third-order valence-electron chi connectivity index (χ3n) is 3.54. The normalized spacial score (nSPS) is 18.4. The molecule has 1 aromatic carbocycles. The van der Waals surface area contributed by atoms with Crippen LogP contribution in [0.1, 0.15) is 23.2 Å². The SMILES string of the molecule is NC(=O)NCC1CCCN(C(=O)c2ccc(Cl)c(Br)c2)C1. The summed E-state index contributed by atoms with van der Waals surface area (Å²) in [5.41, 5.74) is 5.68. The summed E-state index contributed by atoms with van der Waals surface area (Å²) in [6, 6.07) is 4.63. The van der Waals surface area contributed by atoms with Crippen molar-refractivity contribution >= 4 is 39.5 Å². The highest BCUT2D eigenvalue weighted by Crippen LogP contribution is 2.25. The van der Waals surface area contributed by atoms with Gasteiger partial charge in [0.1, 0.15) is 0 Å². The Hall–Kier alpha value is -1.27. The van der Waals surface area contributed by atoms with Gasteiger partial charge in [-0.1, -0.05) is 11.6 Å². The quantitative estimate of drug-likeness (QED) is 0.853. The minimum absolute atomic E-state index is 0.0175. The van der Waals surface area contributed by atoms with Gasteiger partial charge in [0.15, 0.2) is 0 Å². The van der Waals surface area contributed by atoms with Crippen LogP contribution in [0.25, 0.3) is 0 Å². The van der Waals surface area contributed by atoms with E-state index in [1.807, 2.05) is 4.90 Å². The zero-order chi connectivity index (χ0) is 15.4. The molecule has 1 aliphatic rings. The van der Waals surface area contributed by atoms with Crippen molar-refractivity contribution in [3.05, 3.63) is 33.3 Å². The van der Waals surface area contributed by atoms with E-state index in [1.165, 1.54) is 0 Å². The second kappa shape index (κ2) is 7.13. The summed E-state index contributed by atoms with van der Waals surface area (Å²) in [5.74, 6) is 0.224. The molecule has 21 heavy (non-hydrogen) atoms. The van der Waals surface area contributed by atoms with Crippen LogP contribution in [0.3, 0.4) is 0 Å². The van der Waals surface area contributed by atoms with Gasteiger partial charge in [-0.15, -0.1) is 0 Å². The van der Waals surface area contributed by atoms with Crippen molar-refractivity contribution in [2.24, 2.45) is 11.7 Å². The minimum Gasteiger partial charge on any atom is -0.352 e. The molecule has 1 atom stereocenters. The molecule has 114 valence electrons. The summed E-state index contributed by atoms with van der Waals surface area (Å²) in [5, 5.41) is 3.18. The van der Waals surface area contributed by atoms with Crippen molar-refractivity contribution in [2.45, 2.75) is 12.8 Å². The summed E-state index contributed by atoms with van der Waals surface area (Å²) in [6.45, 7) is 1.86. The topological polar surface area (TPSA) is 75.4 Å². The van der Waals surface area contributed by atoms with E-state index in [1.54, 1.807) is 18.2 Å². The lowest BCUT2D eigenvalue weighted by Gasteiger charge is -2.32. The monoisotopic (exact) mass is 373 g/mol. The van der Waals surface area contributed by atoms with E-state index in [2.05, 4.69) is 21.2 Å². The van der Waals surface area contributed by atoms with Crippen molar-refractivity contribution in [3.8, 4) is 0 Å². The van der Waals surface area contributed by atoms with E-state index in [4.69, 9.17) is 17.3 Å². The first-order chi connectivity index (χ1) is 9.97. The number of carbonyl (C=O) groups excluding carboxylic acids is 2. The van der Waals surface area contributed by atoms with Gasteiger partial charge in [0, 0.05) is 29.7 Å². The average Bonchev–Trinajstić information content (AvgIpc) is 2.47. The van der Waals surface area contributed by atoms with Crippen LogP contribution in [-0.4, -0.2) is 36.5 Å². The highest BCUT2D eigenvalue weighted by molar-refractivity contribution is 9.10. The molecule has 1 heterocycles. The standard InChI is InChI=1S/C14H17BrClN3O2/c15-11-6-10(3-4-12(11)16)13(20)19-5-1-2-9(8-19)7-18-14(17)21/h3-4,6,9H,1-2,5,7-8H2,(H3,17,18,21). The number of amides is 3. The molecule has 3 amide bonds. The van der Waals surface area contributed by atoms with Gasteiger partial charge in [0.25, 0.3) is 5.91 Å². The number of nitrogens with one attached hydrogen (secondary N) is 1. The Bertz CT molecular complexity index is 553. The maximum absolute atomic E-state index is 12.5. The first-order valence-electron chi connectivity index (χ1n) is 6.75. The van der Waals surface area contributed by atoms with Crippen molar-refractivity contribution in [1.29, 1.82) is 0 Å². The maximum atomic E-state index is 12.5. The third kappa shape index (κ3) is 4.35. The largest absolute Gasteiger partial charge is 0.352 e. The van der Waals surface area contributed by atoms with Gasteiger partial charge in [-0.25, -0.2) is 4.79 Å². The molecule has 0 spiro atoms. The molecule has 0 aliphatic carbocycles. The molecule has 3 N–H and O–H groups in total. The van der Waals surface area contributed by atoms with Crippen LogP contribution in [0.5, 0.6) is 0 Å². The molecule has 2 rings (SSSR count). The van der Waals surface area contributed by atoms with Gasteiger partial charge >= 0.3 is 6.03 Å². The molecular weight excluding hydrogens is 358 g/mol. The van der Waals surface area contributed by atoms with E-state index in [-0.39, 0.29) is 11.8 Å². The number of likely N-dealkylation sites (tertiary alicyclic amines) is 1. The van der Waals surface area contributed by atoms with Gasteiger partial charge in [0.2, 0.25) is 0 Å². The lowest BCUT2D eigenvalue weighted by molar-refractivity contribution is 0.0675. The Morgan fingerprint density at radius 1 is 1.48 bits per heavy atom. The Morgan fingerprint density at radius 2 is 2.24 bits per heavy atom. The van der Waals surface area contributed by atoms with Crippen molar-refractivity contribution in [2.75, 3.05) is 19.6 Å². The highest BCUT2D eigenvalue weighted by Gasteiger charge is 2.24. The number of halogens is 2. The number of nitrogens with zero attached hydrogens (tertiary/aromatic N) is 1. The van der Waals surface area contributed by atoms with Gasteiger partial charge in [-0.05, 0) is 52.9 Å². The van der Waals surface area contributed by atoms with Crippen LogP contribution in [0.2, 0.25) is 5.02 Å². The zero-order valence-corrected chi connectivity index (χ0v) is 13.8. The van der Waals surface area contributed by atoms with Gasteiger partial charge < -0.3 is 16.0 Å². The van der Waals surface area contributed by atoms with E-state index >= 15 is 0 Å². The Labute approximate surface area is 136 Å². The molecular formula is C14H17BrClN3O2. The zero-order valence-electron chi connectivity index (χ0n) is 11.4. The lowest BCUT2D eigenvalue weighted by atomic mass is 9.97. The molecule has 7 heteroatoms. The summed E-state index contributed by atoms with van der Waals surface area (Å²) in [7, 11) is 0. The van der Waals surface area contributed by atoms with Crippen molar-refractivity contribution in [1.82, 2.24) is 10.2 Å². The third-order valence-corrected chi connectivity index (χ3v) is 4.75. The van der Waals surface area contributed by atoms with E-state index in [0.717, 1.165) is 19.4 Å². The predicted molar refractivity (Wildman–Crippen MR) is 85.4 cm³/mol. The number of urea groups is 1. The van der Waals surface area contributed by atoms with Gasteiger partial charge in [-0.3, -0.25) is 4.79 Å². The fourth-order valence-corrected chi connectivity index (χ4v) is 2.97. The van der Waals surface area contributed by atoms with Crippen molar-refractivity contribution < 1.29 is 9.59 Å². The molecule has 0 radical (unpaired) electrons. The minimum atomic E-state index is -0.528. The Kier molecular flexibility index (Phi) is 5.47. The Morgan fingerprint density at radius 3 is 2.90 bits per heavy atom. The van der Waals surface area contributed by atoms with Crippen LogP contribution in [0, 0.1) is 5.92 Å². The first-order valence-corrected chi connectivity index (χ1v) is 7.92. The van der Waals surface area contributed by atoms with Crippen LogP contribution in [0.4, 0.5) is 4.79 Å². The summed E-state index contributed by atoms with van der Waals surface area (Å²) in [4.78, 5) is 25.1. The molecule has 5 nitrogen and oxygen atoms in total. The lowest BCUT2D eigenvalue weighted by Crippen LogP contribution is -2.44. The van der Waals surface area contributed by atoms with E-state index in [9.17, 15) is 9.59 Å². The second-order valence-corrected chi connectivity index (χ2v) is 6.39. The van der Waals surface area contributed by atoms with Crippen LogP contribution >= 0.6 is 27.5 Å². The molecule has 0 bridgehead atoms. The van der Waals surface area contributed by atoms with Crippen LogP contribution in [-0.2, 0) is 0 Å². The molecule has 0 saturated carbocycles. The number of primary amides is 1. The summed E-state index contributed by atoms with van der Waals surface area (Å²) in [6.07, 6.45) is 1.90. The van der Waals surface area contributed by atoms with E-state index in [0.29, 0.717) is 28.1 Å². The number of benzene rings is 1. The van der Waals surface area contributed by atoms with Crippen molar-refractivity contribution in [3.63, 3.8) is 0 Å². The predicted octanol–water partition coefficient (Wildman–Crippen LogP) is 2.62. The first kappa shape index (κ1) is 16.1. The number of piperidine rings is 1. The molecule has 1 aromatic rings. The molecule has 1 saturated heterocycles. The summed E-state index contributed by atoms with van der Waals surface area (Å²) < 4.78 is 0.707. The highest BCUT2D eigenvalue weighted by atomic mass is 79.9. The number of hydrogen-bond donors (Lipinski definition) is 2. The summed E-state index contributed by atoms with van der Waals surface area (Å²) >= 11 is 9.27.